The van der Waals surface area contributed by atoms with Gasteiger partial charge in [-0.25, -0.2) is 9.97 Å². The second-order valence-corrected chi connectivity index (χ2v) is 3.91. The Labute approximate surface area is 99.3 Å². The normalized spacial score (nSPS) is 11.9. The minimum absolute atomic E-state index is 0.0910. The largest absolute Gasteiger partial charge is 0.481 e. The van der Waals surface area contributed by atoms with Crippen molar-refractivity contribution in [2.75, 3.05) is 7.05 Å². The lowest BCUT2D eigenvalue weighted by Crippen LogP contribution is -2.37. The summed E-state index contributed by atoms with van der Waals surface area (Å²) >= 11 is 0. The number of aromatic nitrogens is 2. The minimum Gasteiger partial charge on any atom is -0.481 e. The van der Waals surface area contributed by atoms with Crippen LogP contribution in [0.4, 0.5) is 0 Å². The lowest BCUT2D eigenvalue weighted by Gasteiger charge is -2.23. The molecule has 0 aliphatic rings. The van der Waals surface area contributed by atoms with Gasteiger partial charge in [0.1, 0.15) is 12.0 Å². The third-order valence-electron chi connectivity index (χ3n) is 2.47. The third kappa shape index (κ3) is 3.51. The van der Waals surface area contributed by atoms with Crippen molar-refractivity contribution < 1.29 is 14.7 Å². The monoisotopic (exact) mass is 237 g/mol. The fourth-order valence-corrected chi connectivity index (χ4v) is 1.34. The van der Waals surface area contributed by atoms with Crippen LogP contribution >= 0.6 is 0 Å². The minimum atomic E-state index is -0.934. The molecule has 1 rings (SSSR count). The predicted octanol–water partition coefficient (Wildman–Crippen LogP) is 0.720. The van der Waals surface area contributed by atoms with Crippen molar-refractivity contribution in [2.45, 2.75) is 26.3 Å². The molecule has 17 heavy (non-hydrogen) atoms. The number of aryl methyl sites for hydroxylation is 1. The summed E-state index contributed by atoms with van der Waals surface area (Å²) in [6.45, 7) is 3.44. The van der Waals surface area contributed by atoms with Crippen molar-refractivity contribution >= 4 is 11.9 Å². The molecule has 92 valence electrons. The maximum absolute atomic E-state index is 12.0. The van der Waals surface area contributed by atoms with Crippen LogP contribution in [-0.4, -0.2) is 44.9 Å². The van der Waals surface area contributed by atoms with Gasteiger partial charge < -0.3 is 10.0 Å². The summed E-state index contributed by atoms with van der Waals surface area (Å²) in [6.07, 6.45) is 1.23. The third-order valence-corrected chi connectivity index (χ3v) is 2.47. The number of aliphatic carboxylic acids is 1. The highest BCUT2D eigenvalue weighted by molar-refractivity contribution is 5.92. The molecular weight excluding hydrogens is 222 g/mol. The second-order valence-electron chi connectivity index (χ2n) is 3.91. The van der Waals surface area contributed by atoms with Crippen LogP contribution in [0.3, 0.4) is 0 Å². The number of hydrogen-bond acceptors (Lipinski definition) is 4. The number of rotatable bonds is 4. The van der Waals surface area contributed by atoms with Gasteiger partial charge in [-0.3, -0.25) is 9.59 Å². The number of nitrogens with zero attached hydrogens (tertiary/aromatic N) is 3. The standard InChI is InChI=1S/C11H15N3O3/c1-7-4-9(13-6-12-7)11(17)14(3)8(2)5-10(15)16/h4,6,8H,5H2,1-3H3,(H,15,16). The van der Waals surface area contributed by atoms with Crippen LogP contribution in [0.1, 0.15) is 29.5 Å². The number of carboxylic acids is 1. The molecule has 1 N–H and O–H groups in total. The zero-order chi connectivity index (χ0) is 13.0. The van der Waals surface area contributed by atoms with Crippen LogP contribution in [0.2, 0.25) is 0 Å². The Kier molecular flexibility index (Phi) is 4.14. The molecule has 0 aromatic carbocycles. The lowest BCUT2D eigenvalue weighted by atomic mass is 10.2. The van der Waals surface area contributed by atoms with E-state index in [0.717, 1.165) is 0 Å². The first kappa shape index (κ1) is 13.1. The topological polar surface area (TPSA) is 83.4 Å². The molecule has 1 atom stereocenters. The highest BCUT2D eigenvalue weighted by Gasteiger charge is 2.20. The zero-order valence-corrected chi connectivity index (χ0v) is 10.0. The predicted molar refractivity (Wildman–Crippen MR) is 60.6 cm³/mol. The van der Waals surface area contributed by atoms with Gasteiger partial charge in [-0.15, -0.1) is 0 Å². The molecule has 6 nitrogen and oxygen atoms in total. The van der Waals surface area contributed by atoms with E-state index in [1.807, 2.05) is 0 Å². The van der Waals surface area contributed by atoms with Gasteiger partial charge in [-0.2, -0.15) is 0 Å². The highest BCUT2D eigenvalue weighted by Crippen LogP contribution is 2.07. The summed E-state index contributed by atoms with van der Waals surface area (Å²) in [7, 11) is 1.56. The van der Waals surface area contributed by atoms with Gasteiger partial charge in [0.2, 0.25) is 0 Å². The van der Waals surface area contributed by atoms with E-state index in [-0.39, 0.29) is 24.1 Å². The molecular formula is C11H15N3O3. The molecule has 0 spiro atoms. The van der Waals surface area contributed by atoms with Gasteiger partial charge in [-0.1, -0.05) is 0 Å². The van der Waals surface area contributed by atoms with E-state index in [4.69, 9.17) is 5.11 Å². The number of carbonyl (C=O) groups is 2. The summed E-state index contributed by atoms with van der Waals surface area (Å²) in [5, 5.41) is 8.67. The maximum Gasteiger partial charge on any atom is 0.305 e. The molecule has 1 amide bonds. The van der Waals surface area contributed by atoms with Crippen LogP contribution in [-0.2, 0) is 4.79 Å². The molecule has 1 aromatic heterocycles. The molecule has 6 heteroatoms. The Morgan fingerprint density at radius 2 is 2.12 bits per heavy atom. The Hall–Kier alpha value is -1.98. The van der Waals surface area contributed by atoms with Gasteiger partial charge in [0, 0.05) is 18.8 Å². The smallest absolute Gasteiger partial charge is 0.305 e. The van der Waals surface area contributed by atoms with Gasteiger partial charge in [0.05, 0.1) is 6.42 Å². The molecule has 0 saturated carbocycles. The quantitative estimate of drug-likeness (QED) is 0.834. The van der Waals surface area contributed by atoms with E-state index in [0.29, 0.717) is 5.69 Å². The summed E-state index contributed by atoms with van der Waals surface area (Å²) in [4.78, 5) is 31.7. The van der Waals surface area contributed by atoms with Crippen LogP contribution in [0.25, 0.3) is 0 Å². The van der Waals surface area contributed by atoms with E-state index < -0.39 is 5.97 Å². The molecule has 0 fully saturated rings. The Balaban J connectivity index is 2.79. The average molecular weight is 237 g/mol. The molecule has 0 aliphatic carbocycles. The highest BCUT2D eigenvalue weighted by atomic mass is 16.4. The van der Waals surface area contributed by atoms with E-state index in [1.54, 1.807) is 27.0 Å². The molecule has 0 radical (unpaired) electrons. The molecule has 0 aliphatic heterocycles. The van der Waals surface area contributed by atoms with E-state index in [9.17, 15) is 9.59 Å². The summed E-state index contributed by atoms with van der Waals surface area (Å²) in [5.41, 5.74) is 0.972. The van der Waals surface area contributed by atoms with Crippen molar-refractivity contribution in [3.63, 3.8) is 0 Å². The van der Waals surface area contributed by atoms with Crippen molar-refractivity contribution in [1.29, 1.82) is 0 Å². The van der Waals surface area contributed by atoms with Crippen LogP contribution < -0.4 is 0 Å². The molecule has 1 heterocycles. The van der Waals surface area contributed by atoms with E-state index >= 15 is 0 Å². The first-order chi connectivity index (χ1) is 7.91. The summed E-state index contributed by atoms with van der Waals surface area (Å²) < 4.78 is 0. The molecule has 0 saturated heterocycles. The van der Waals surface area contributed by atoms with Gasteiger partial charge in [-0.05, 0) is 19.9 Å². The van der Waals surface area contributed by atoms with Crippen molar-refractivity contribution in [3.8, 4) is 0 Å². The van der Waals surface area contributed by atoms with Crippen LogP contribution in [0.15, 0.2) is 12.4 Å². The summed E-state index contributed by atoms with van der Waals surface area (Å²) in [6, 6.07) is 1.20. The molecule has 0 bridgehead atoms. The first-order valence-corrected chi connectivity index (χ1v) is 5.19. The average Bonchev–Trinajstić information content (AvgIpc) is 2.26. The van der Waals surface area contributed by atoms with Gasteiger partial charge in [0.25, 0.3) is 5.91 Å². The summed E-state index contributed by atoms with van der Waals surface area (Å²) in [5.74, 6) is -1.24. The van der Waals surface area contributed by atoms with Gasteiger partial charge >= 0.3 is 5.97 Å². The lowest BCUT2D eigenvalue weighted by molar-refractivity contribution is -0.137. The number of hydrogen-bond donors (Lipinski definition) is 1. The van der Waals surface area contributed by atoms with Crippen molar-refractivity contribution in [3.05, 3.63) is 23.8 Å². The van der Waals surface area contributed by atoms with Crippen LogP contribution in [0, 0.1) is 6.92 Å². The maximum atomic E-state index is 12.0. The van der Waals surface area contributed by atoms with Crippen molar-refractivity contribution in [1.82, 2.24) is 14.9 Å². The van der Waals surface area contributed by atoms with Gasteiger partial charge in [0.15, 0.2) is 0 Å². The number of carbonyl (C=O) groups excluding carboxylic acids is 1. The number of carboxylic acid groups (broad SMARTS) is 1. The first-order valence-electron chi connectivity index (χ1n) is 5.19. The van der Waals surface area contributed by atoms with E-state index in [1.165, 1.54) is 11.2 Å². The fraction of sp³-hybridized carbons (Fsp3) is 0.455. The Bertz CT molecular complexity index is 434. The fourth-order valence-electron chi connectivity index (χ4n) is 1.34. The van der Waals surface area contributed by atoms with Crippen molar-refractivity contribution in [2.24, 2.45) is 0 Å². The second kappa shape index (κ2) is 5.38. The molecule has 1 unspecified atom stereocenters. The van der Waals surface area contributed by atoms with Crippen LogP contribution in [0.5, 0.6) is 0 Å². The Morgan fingerprint density at radius 3 is 2.65 bits per heavy atom. The zero-order valence-electron chi connectivity index (χ0n) is 10.0. The Morgan fingerprint density at radius 1 is 1.47 bits per heavy atom. The number of amides is 1. The van der Waals surface area contributed by atoms with E-state index in [2.05, 4.69) is 9.97 Å². The molecule has 1 aromatic rings. The SMILES string of the molecule is Cc1cc(C(=O)N(C)C(C)CC(=O)O)ncn1.